The minimum Gasteiger partial charge on any atom is -0.487 e. The molecular weight excluding hydrogens is 238 g/mol. The van der Waals surface area contributed by atoms with E-state index in [2.05, 4.69) is 44.3 Å². The molecule has 2 N–H and O–H groups in total. The Morgan fingerprint density at radius 2 is 2.21 bits per heavy atom. The van der Waals surface area contributed by atoms with Gasteiger partial charge in [0.05, 0.1) is 0 Å². The van der Waals surface area contributed by atoms with Crippen LogP contribution < -0.4 is 10.1 Å². The number of hydrogen-bond acceptors (Lipinski definition) is 3. The predicted octanol–water partition coefficient (Wildman–Crippen LogP) is 2.51. The molecule has 0 bridgehead atoms. The Labute approximate surface area is 116 Å². The third-order valence-electron chi connectivity index (χ3n) is 3.57. The molecule has 0 saturated carbocycles. The number of aliphatic hydroxyl groups is 1. The van der Waals surface area contributed by atoms with E-state index < -0.39 is 0 Å². The lowest BCUT2D eigenvalue weighted by molar-refractivity contribution is 0.138. The third-order valence-corrected chi connectivity index (χ3v) is 3.57. The molecule has 2 rings (SSSR count). The molecule has 0 aliphatic carbocycles. The van der Waals surface area contributed by atoms with Gasteiger partial charge in [-0.1, -0.05) is 19.1 Å². The lowest BCUT2D eigenvalue weighted by atomic mass is 10.00. The van der Waals surface area contributed by atoms with Crippen molar-refractivity contribution in [2.45, 2.75) is 45.8 Å². The van der Waals surface area contributed by atoms with Crippen molar-refractivity contribution in [1.82, 2.24) is 5.32 Å². The Morgan fingerprint density at radius 3 is 2.95 bits per heavy atom. The van der Waals surface area contributed by atoms with E-state index in [0.29, 0.717) is 5.92 Å². The molecule has 106 valence electrons. The minimum atomic E-state index is -0.0655. The molecule has 1 aromatic rings. The van der Waals surface area contributed by atoms with E-state index in [-0.39, 0.29) is 12.2 Å². The largest absolute Gasteiger partial charge is 0.487 e. The summed E-state index contributed by atoms with van der Waals surface area (Å²) in [7, 11) is 0. The Balaban J connectivity index is 1.87. The molecule has 0 aromatic heterocycles. The van der Waals surface area contributed by atoms with Crippen LogP contribution in [-0.4, -0.2) is 23.9 Å². The second kappa shape index (κ2) is 5.93. The van der Waals surface area contributed by atoms with E-state index >= 15 is 0 Å². The van der Waals surface area contributed by atoms with Crippen molar-refractivity contribution in [2.24, 2.45) is 5.92 Å². The monoisotopic (exact) mass is 263 g/mol. The van der Waals surface area contributed by atoms with Crippen LogP contribution in [0.3, 0.4) is 0 Å². The maximum atomic E-state index is 8.87. The maximum absolute atomic E-state index is 8.87. The van der Waals surface area contributed by atoms with Crippen LogP contribution in [0.2, 0.25) is 0 Å². The average Bonchev–Trinajstić information content (AvgIpc) is 2.62. The fourth-order valence-electron chi connectivity index (χ4n) is 2.56. The Morgan fingerprint density at radius 1 is 1.42 bits per heavy atom. The SMILES string of the molecule is CC(CCO)CNCc1ccc2c(c1)CC(C)(C)O2. The van der Waals surface area contributed by atoms with E-state index in [9.17, 15) is 0 Å². The highest BCUT2D eigenvalue weighted by Gasteiger charge is 2.29. The van der Waals surface area contributed by atoms with Crippen molar-refractivity contribution in [1.29, 1.82) is 0 Å². The maximum Gasteiger partial charge on any atom is 0.123 e. The molecule has 1 aromatic carbocycles. The van der Waals surface area contributed by atoms with Crippen molar-refractivity contribution >= 4 is 0 Å². The van der Waals surface area contributed by atoms with Crippen LogP contribution in [0.25, 0.3) is 0 Å². The van der Waals surface area contributed by atoms with Crippen LogP contribution in [-0.2, 0) is 13.0 Å². The second-order valence-corrected chi connectivity index (χ2v) is 6.23. The first-order chi connectivity index (χ1) is 9.00. The number of rotatable bonds is 6. The van der Waals surface area contributed by atoms with Crippen LogP contribution in [0, 0.1) is 5.92 Å². The zero-order valence-corrected chi connectivity index (χ0v) is 12.2. The smallest absolute Gasteiger partial charge is 0.123 e. The lowest BCUT2D eigenvalue weighted by Gasteiger charge is -2.16. The van der Waals surface area contributed by atoms with Gasteiger partial charge in [-0.2, -0.15) is 0 Å². The molecule has 1 atom stereocenters. The third kappa shape index (κ3) is 3.95. The molecule has 0 fully saturated rings. The summed E-state index contributed by atoms with van der Waals surface area (Å²) in [6.07, 6.45) is 1.84. The van der Waals surface area contributed by atoms with Crippen molar-refractivity contribution in [3.05, 3.63) is 29.3 Å². The summed E-state index contributed by atoms with van der Waals surface area (Å²) < 4.78 is 5.88. The molecule has 1 unspecified atom stereocenters. The van der Waals surface area contributed by atoms with Gasteiger partial charge in [0.15, 0.2) is 0 Å². The van der Waals surface area contributed by atoms with E-state index in [0.717, 1.165) is 31.7 Å². The number of benzene rings is 1. The fraction of sp³-hybridized carbons (Fsp3) is 0.625. The molecule has 19 heavy (non-hydrogen) atoms. The van der Waals surface area contributed by atoms with Gasteiger partial charge in [-0.25, -0.2) is 0 Å². The topological polar surface area (TPSA) is 41.5 Å². The van der Waals surface area contributed by atoms with Gasteiger partial charge in [-0.05, 0) is 49.9 Å². The Bertz CT molecular complexity index is 429. The normalized spacial score (nSPS) is 17.9. The molecule has 0 spiro atoms. The molecule has 1 heterocycles. The van der Waals surface area contributed by atoms with E-state index in [1.165, 1.54) is 11.1 Å². The molecule has 0 radical (unpaired) electrons. The summed E-state index contributed by atoms with van der Waals surface area (Å²) in [5.41, 5.74) is 2.55. The predicted molar refractivity (Wildman–Crippen MR) is 77.4 cm³/mol. The van der Waals surface area contributed by atoms with Crippen molar-refractivity contribution in [2.75, 3.05) is 13.2 Å². The van der Waals surface area contributed by atoms with Gasteiger partial charge >= 0.3 is 0 Å². The Hall–Kier alpha value is -1.06. The number of aliphatic hydroxyl groups excluding tert-OH is 1. The molecule has 3 heteroatoms. The van der Waals surface area contributed by atoms with Gasteiger partial charge in [0.1, 0.15) is 11.4 Å². The van der Waals surface area contributed by atoms with Gasteiger partial charge in [-0.3, -0.25) is 0 Å². The van der Waals surface area contributed by atoms with Crippen LogP contribution in [0.1, 0.15) is 38.3 Å². The van der Waals surface area contributed by atoms with Gasteiger partial charge < -0.3 is 15.2 Å². The number of nitrogens with one attached hydrogen (secondary N) is 1. The van der Waals surface area contributed by atoms with Crippen molar-refractivity contribution in [3.63, 3.8) is 0 Å². The number of fused-ring (bicyclic) bond motifs is 1. The average molecular weight is 263 g/mol. The first-order valence-corrected chi connectivity index (χ1v) is 7.12. The highest BCUT2D eigenvalue weighted by atomic mass is 16.5. The molecule has 3 nitrogen and oxygen atoms in total. The highest BCUT2D eigenvalue weighted by molar-refractivity contribution is 5.41. The lowest BCUT2D eigenvalue weighted by Crippen LogP contribution is -2.24. The first-order valence-electron chi connectivity index (χ1n) is 7.12. The van der Waals surface area contributed by atoms with Crippen molar-refractivity contribution in [3.8, 4) is 5.75 Å². The van der Waals surface area contributed by atoms with Gasteiger partial charge in [0.2, 0.25) is 0 Å². The van der Waals surface area contributed by atoms with Crippen LogP contribution in [0.5, 0.6) is 5.75 Å². The number of hydrogen-bond donors (Lipinski definition) is 2. The second-order valence-electron chi connectivity index (χ2n) is 6.23. The van der Waals surface area contributed by atoms with Crippen LogP contribution >= 0.6 is 0 Å². The summed E-state index contributed by atoms with van der Waals surface area (Å²) in [5, 5.41) is 12.3. The fourth-order valence-corrected chi connectivity index (χ4v) is 2.56. The van der Waals surface area contributed by atoms with E-state index in [1.807, 2.05) is 0 Å². The molecule has 0 saturated heterocycles. The van der Waals surface area contributed by atoms with E-state index in [1.54, 1.807) is 0 Å². The number of ether oxygens (including phenoxy) is 1. The summed E-state index contributed by atoms with van der Waals surface area (Å²) in [6.45, 7) is 8.50. The standard InChI is InChI=1S/C16H25NO2/c1-12(6-7-18)10-17-11-13-4-5-15-14(8-13)9-16(2,3)19-15/h4-5,8,12,17-18H,6-7,9-11H2,1-3H3. The van der Waals surface area contributed by atoms with E-state index in [4.69, 9.17) is 9.84 Å². The summed E-state index contributed by atoms with van der Waals surface area (Å²) >= 11 is 0. The van der Waals surface area contributed by atoms with Gasteiger partial charge in [-0.15, -0.1) is 0 Å². The van der Waals surface area contributed by atoms with Gasteiger partial charge in [0, 0.05) is 19.6 Å². The summed E-state index contributed by atoms with van der Waals surface area (Å²) in [5.74, 6) is 1.55. The highest BCUT2D eigenvalue weighted by Crippen LogP contribution is 2.35. The van der Waals surface area contributed by atoms with Crippen LogP contribution in [0.15, 0.2) is 18.2 Å². The Kier molecular flexibility index (Phi) is 4.48. The molecular formula is C16H25NO2. The first kappa shape index (κ1) is 14.4. The zero-order valence-electron chi connectivity index (χ0n) is 12.2. The molecule has 1 aliphatic rings. The quantitative estimate of drug-likeness (QED) is 0.828. The molecule has 0 amide bonds. The molecule has 1 aliphatic heterocycles. The summed E-state index contributed by atoms with van der Waals surface area (Å²) in [4.78, 5) is 0. The summed E-state index contributed by atoms with van der Waals surface area (Å²) in [6, 6.07) is 6.45. The van der Waals surface area contributed by atoms with Crippen molar-refractivity contribution < 1.29 is 9.84 Å². The zero-order chi connectivity index (χ0) is 13.9. The van der Waals surface area contributed by atoms with Crippen LogP contribution in [0.4, 0.5) is 0 Å². The minimum absolute atomic E-state index is 0.0655. The van der Waals surface area contributed by atoms with Gasteiger partial charge in [0.25, 0.3) is 0 Å².